The van der Waals surface area contributed by atoms with Crippen LogP contribution < -0.4 is 10.6 Å². The fraction of sp³-hybridized carbons (Fsp3) is 0.625. The van der Waals surface area contributed by atoms with Crippen molar-refractivity contribution in [2.45, 2.75) is 51.1 Å². The highest BCUT2D eigenvalue weighted by Gasteiger charge is 2.27. The van der Waals surface area contributed by atoms with Gasteiger partial charge in [-0.15, -0.1) is 0 Å². The van der Waals surface area contributed by atoms with Gasteiger partial charge in [-0.05, 0) is 44.2 Å². The Balaban J connectivity index is 2.27. The van der Waals surface area contributed by atoms with Crippen LogP contribution in [-0.4, -0.2) is 36.7 Å². The van der Waals surface area contributed by atoms with Crippen LogP contribution in [0.3, 0.4) is 0 Å². The molecule has 1 saturated carbocycles. The van der Waals surface area contributed by atoms with Crippen molar-refractivity contribution in [1.82, 2.24) is 4.98 Å². The predicted molar refractivity (Wildman–Crippen MR) is 83.4 cm³/mol. The highest BCUT2D eigenvalue weighted by atomic mass is 16.5. The quantitative estimate of drug-likeness (QED) is 0.843. The number of esters is 1. The van der Waals surface area contributed by atoms with E-state index >= 15 is 0 Å². The molecule has 0 amide bonds. The van der Waals surface area contributed by atoms with Gasteiger partial charge in [-0.25, -0.2) is 9.78 Å². The van der Waals surface area contributed by atoms with Gasteiger partial charge in [0.25, 0.3) is 0 Å². The van der Waals surface area contributed by atoms with Crippen molar-refractivity contribution in [3.63, 3.8) is 0 Å². The standard InChI is InChI=1S/C16H25N3O2/c1-3-11-19(13-8-6-12(17)7-9-13)15-14(16(20)21-2)5-4-10-18-15/h4-5,10,12-13H,3,6-9,11,17H2,1-2H3. The second-order valence-electron chi connectivity index (χ2n) is 5.63. The van der Waals surface area contributed by atoms with E-state index in [2.05, 4.69) is 16.8 Å². The number of hydrogen-bond donors (Lipinski definition) is 1. The van der Waals surface area contributed by atoms with E-state index in [1.165, 1.54) is 7.11 Å². The fourth-order valence-electron chi connectivity index (χ4n) is 3.01. The summed E-state index contributed by atoms with van der Waals surface area (Å²) in [6.07, 6.45) is 6.92. The molecule has 2 rings (SSSR count). The van der Waals surface area contributed by atoms with Crippen molar-refractivity contribution < 1.29 is 9.53 Å². The lowest BCUT2D eigenvalue weighted by Gasteiger charge is -2.37. The predicted octanol–water partition coefficient (Wildman–Crippen LogP) is 2.35. The molecule has 116 valence electrons. The maximum absolute atomic E-state index is 12.0. The van der Waals surface area contributed by atoms with E-state index in [0.717, 1.165) is 44.5 Å². The van der Waals surface area contributed by atoms with Gasteiger partial charge in [0.2, 0.25) is 0 Å². The first kappa shape index (κ1) is 15.8. The summed E-state index contributed by atoms with van der Waals surface area (Å²) in [5, 5.41) is 0. The van der Waals surface area contributed by atoms with Crippen molar-refractivity contribution >= 4 is 11.8 Å². The minimum Gasteiger partial charge on any atom is -0.465 e. The number of nitrogens with two attached hydrogens (primary N) is 1. The summed E-state index contributed by atoms with van der Waals surface area (Å²) in [7, 11) is 1.41. The number of rotatable bonds is 5. The first-order chi connectivity index (χ1) is 10.2. The van der Waals surface area contributed by atoms with Crippen LogP contribution in [0.15, 0.2) is 18.3 Å². The molecule has 5 nitrogen and oxygen atoms in total. The van der Waals surface area contributed by atoms with Gasteiger partial charge in [0.1, 0.15) is 11.4 Å². The Bertz CT molecular complexity index is 470. The molecule has 0 unspecified atom stereocenters. The van der Waals surface area contributed by atoms with Crippen LogP contribution in [-0.2, 0) is 4.74 Å². The largest absolute Gasteiger partial charge is 0.465 e. The van der Waals surface area contributed by atoms with E-state index in [9.17, 15) is 4.79 Å². The van der Waals surface area contributed by atoms with Gasteiger partial charge in [0, 0.05) is 24.8 Å². The average Bonchev–Trinajstić information content (AvgIpc) is 2.53. The third kappa shape index (κ3) is 3.73. The highest BCUT2D eigenvalue weighted by molar-refractivity contribution is 5.94. The summed E-state index contributed by atoms with van der Waals surface area (Å²) in [5.74, 6) is 0.415. The summed E-state index contributed by atoms with van der Waals surface area (Å²) >= 11 is 0. The van der Waals surface area contributed by atoms with Crippen LogP contribution in [0, 0.1) is 0 Å². The molecule has 1 fully saturated rings. The highest BCUT2D eigenvalue weighted by Crippen LogP contribution is 2.28. The van der Waals surface area contributed by atoms with Crippen LogP contribution in [0.25, 0.3) is 0 Å². The van der Waals surface area contributed by atoms with E-state index in [1.807, 2.05) is 0 Å². The van der Waals surface area contributed by atoms with Crippen molar-refractivity contribution in [1.29, 1.82) is 0 Å². The summed E-state index contributed by atoms with van der Waals surface area (Å²) < 4.78 is 4.88. The molecule has 1 aliphatic rings. The number of hydrogen-bond acceptors (Lipinski definition) is 5. The number of ether oxygens (including phenoxy) is 1. The zero-order valence-electron chi connectivity index (χ0n) is 12.9. The minimum absolute atomic E-state index is 0.313. The van der Waals surface area contributed by atoms with Crippen LogP contribution in [0.4, 0.5) is 5.82 Å². The summed E-state index contributed by atoms with van der Waals surface area (Å²) in [6.45, 7) is 3.03. The summed E-state index contributed by atoms with van der Waals surface area (Å²) in [6, 6.07) is 4.28. The number of methoxy groups -OCH3 is 1. The number of aromatic nitrogens is 1. The Morgan fingerprint density at radius 3 is 2.76 bits per heavy atom. The molecule has 5 heteroatoms. The van der Waals surface area contributed by atoms with Gasteiger partial charge in [0.05, 0.1) is 7.11 Å². The monoisotopic (exact) mass is 291 g/mol. The first-order valence-electron chi connectivity index (χ1n) is 7.73. The lowest BCUT2D eigenvalue weighted by molar-refractivity contribution is 0.0601. The van der Waals surface area contributed by atoms with E-state index in [-0.39, 0.29) is 5.97 Å². The van der Waals surface area contributed by atoms with Crippen LogP contribution in [0.2, 0.25) is 0 Å². The zero-order chi connectivity index (χ0) is 15.2. The number of nitrogens with zero attached hydrogens (tertiary/aromatic N) is 2. The Kier molecular flexibility index (Phi) is 5.56. The molecule has 0 atom stereocenters. The normalized spacial score (nSPS) is 21.9. The van der Waals surface area contributed by atoms with Crippen molar-refractivity contribution in [3.8, 4) is 0 Å². The van der Waals surface area contributed by atoms with Gasteiger partial charge in [0.15, 0.2) is 0 Å². The number of carbonyl (C=O) groups is 1. The molecule has 21 heavy (non-hydrogen) atoms. The van der Waals surface area contributed by atoms with Crippen molar-refractivity contribution in [3.05, 3.63) is 23.9 Å². The van der Waals surface area contributed by atoms with Gasteiger partial charge in [-0.1, -0.05) is 6.92 Å². The number of anilines is 1. The molecule has 0 spiro atoms. The summed E-state index contributed by atoms with van der Waals surface area (Å²) in [5.41, 5.74) is 6.55. The molecule has 2 N–H and O–H groups in total. The molecule has 0 aliphatic heterocycles. The van der Waals surface area contributed by atoms with Gasteiger partial charge in [-0.3, -0.25) is 0 Å². The second-order valence-corrected chi connectivity index (χ2v) is 5.63. The molecular weight excluding hydrogens is 266 g/mol. The smallest absolute Gasteiger partial charge is 0.341 e. The molecule has 1 aliphatic carbocycles. The topological polar surface area (TPSA) is 68.5 Å². The Morgan fingerprint density at radius 2 is 2.14 bits per heavy atom. The van der Waals surface area contributed by atoms with E-state index in [0.29, 0.717) is 17.6 Å². The maximum Gasteiger partial charge on any atom is 0.341 e. The lowest BCUT2D eigenvalue weighted by Crippen LogP contribution is -2.42. The molecular formula is C16H25N3O2. The molecule has 0 aromatic carbocycles. The fourth-order valence-corrected chi connectivity index (χ4v) is 3.01. The second kappa shape index (κ2) is 7.41. The van der Waals surface area contributed by atoms with Gasteiger partial charge < -0.3 is 15.4 Å². The zero-order valence-corrected chi connectivity index (χ0v) is 12.9. The number of pyridine rings is 1. The molecule has 1 aromatic rings. The Hall–Kier alpha value is -1.62. The number of carbonyl (C=O) groups excluding carboxylic acids is 1. The SMILES string of the molecule is CCCN(c1ncccc1C(=O)OC)C1CCC(N)CC1. The van der Waals surface area contributed by atoms with Crippen LogP contribution >= 0.6 is 0 Å². The molecule has 0 bridgehead atoms. The third-order valence-electron chi connectivity index (χ3n) is 4.11. The maximum atomic E-state index is 12.0. The van der Waals surface area contributed by atoms with E-state index in [1.54, 1.807) is 18.3 Å². The molecule has 0 radical (unpaired) electrons. The minimum atomic E-state index is -0.327. The van der Waals surface area contributed by atoms with E-state index < -0.39 is 0 Å². The lowest BCUT2D eigenvalue weighted by atomic mass is 9.90. The molecule has 1 aromatic heterocycles. The third-order valence-corrected chi connectivity index (χ3v) is 4.11. The van der Waals surface area contributed by atoms with Gasteiger partial charge >= 0.3 is 5.97 Å². The van der Waals surface area contributed by atoms with Crippen molar-refractivity contribution in [2.75, 3.05) is 18.6 Å². The Morgan fingerprint density at radius 1 is 1.43 bits per heavy atom. The van der Waals surface area contributed by atoms with Crippen LogP contribution in [0.5, 0.6) is 0 Å². The Labute approximate surface area is 126 Å². The molecule has 0 saturated heterocycles. The van der Waals surface area contributed by atoms with Crippen molar-refractivity contribution in [2.24, 2.45) is 5.73 Å². The van der Waals surface area contributed by atoms with Crippen LogP contribution in [0.1, 0.15) is 49.4 Å². The molecule has 1 heterocycles. The average molecular weight is 291 g/mol. The van der Waals surface area contributed by atoms with E-state index in [4.69, 9.17) is 10.5 Å². The van der Waals surface area contributed by atoms with Gasteiger partial charge in [-0.2, -0.15) is 0 Å². The first-order valence-corrected chi connectivity index (χ1v) is 7.73. The summed E-state index contributed by atoms with van der Waals surface area (Å²) in [4.78, 5) is 18.7.